The zero-order valence-electron chi connectivity index (χ0n) is 18.1. The lowest BCUT2D eigenvalue weighted by atomic mass is 10.0. The van der Waals surface area contributed by atoms with Gasteiger partial charge in [0.25, 0.3) is 5.91 Å². The molecule has 0 N–H and O–H groups in total. The van der Waals surface area contributed by atoms with Gasteiger partial charge in [-0.25, -0.2) is 5.01 Å². The number of hydrazone groups is 1. The Morgan fingerprint density at radius 1 is 1.00 bits per heavy atom. The minimum atomic E-state index is -0.265. The molecule has 0 saturated carbocycles. The molecule has 2 heterocycles. The van der Waals surface area contributed by atoms with Crippen molar-refractivity contribution in [1.82, 2.24) is 5.01 Å². The predicted octanol–water partition coefficient (Wildman–Crippen LogP) is 4.53. The average molecular weight is 453 g/mol. The number of carbonyl (C=O) groups excluding carboxylic acids is 1. The third-order valence-electron chi connectivity index (χ3n) is 5.19. The van der Waals surface area contributed by atoms with Crippen LogP contribution < -0.4 is 18.9 Å². The van der Waals surface area contributed by atoms with Crippen LogP contribution in [0.1, 0.15) is 22.9 Å². The molecule has 4 rings (SSSR count). The second kappa shape index (κ2) is 9.74. The molecular weight excluding hydrogens is 428 g/mol. The average Bonchev–Trinajstić information content (AvgIpc) is 3.52. The van der Waals surface area contributed by atoms with Crippen LogP contribution in [0.25, 0.3) is 0 Å². The monoisotopic (exact) mass is 452 g/mol. The summed E-state index contributed by atoms with van der Waals surface area (Å²) in [6, 6.07) is 16.5. The summed E-state index contributed by atoms with van der Waals surface area (Å²) in [6.45, 7) is -0.128. The number of ether oxygens (including phenoxy) is 4. The van der Waals surface area contributed by atoms with Gasteiger partial charge in [0.05, 0.1) is 38.0 Å². The Morgan fingerprint density at radius 2 is 1.75 bits per heavy atom. The van der Waals surface area contributed by atoms with E-state index in [-0.39, 0.29) is 18.6 Å². The highest BCUT2D eigenvalue weighted by Gasteiger charge is 2.34. The molecule has 1 aliphatic heterocycles. The molecule has 1 aromatic heterocycles. The lowest BCUT2D eigenvalue weighted by Crippen LogP contribution is -2.31. The largest absolute Gasteiger partial charge is 0.497 e. The Balaban J connectivity index is 1.57. The zero-order valence-corrected chi connectivity index (χ0v) is 18.9. The Kier molecular flexibility index (Phi) is 6.61. The van der Waals surface area contributed by atoms with E-state index in [9.17, 15) is 4.79 Å². The van der Waals surface area contributed by atoms with Crippen LogP contribution in [0.15, 0.2) is 65.1 Å². The van der Waals surface area contributed by atoms with Crippen LogP contribution in [0.4, 0.5) is 0 Å². The maximum Gasteiger partial charge on any atom is 0.281 e. The van der Waals surface area contributed by atoms with E-state index < -0.39 is 0 Å². The smallest absolute Gasteiger partial charge is 0.281 e. The number of nitrogens with zero attached hydrogens (tertiary/aromatic N) is 2. The van der Waals surface area contributed by atoms with Gasteiger partial charge in [0.1, 0.15) is 11.5 Å². The van der Waals surface area contributed by atoms with Gasteiger partial charge in [-0.2, -0.15) is 5.10 Å². The van der Waals surface area contributed by atoms with Crippen molar-refractivity contribution in [2.45, 2.75) is 12.5 Å². The van der Waals surface area contributed by atoms with Gasteiger partial charge in [-0.05, 0) is 53.4 Å². The second-order valence-electron chi connectivity index (χ2n) is 7.06. The van der Waals surface area contributed by atoms with Crippen LogP contribution in [0.3, 0.4) is 0 Å². The molecule has 2 aromatic carbocycles. The van der Waals surface area contributed by atoms with Gasteiger partial charge in [0, 0.05) is 6.42 Å². The van der Waals surface area contributed by atoms with Gasteiger partial charge >= 0.3 is 0 Å². The molecule has 1 atom stereocenters. The third-order valence-corrected chi connectivity index (χ3v) is 6.10. The number of hydrogen-bond acceptors (Lipinski definition) is 7. The molecule has 0 spiro atoms. The van der Waals surface area contributed by atoms with Gasteiger partial charge < -0.3 is 18.9 Å². The molecular formula is C24H24N2O5S. The highest BCUT2D eigenvalue weighted by atomic mass is 32.1. The van der Waals surface area contributed by atoms with Crippen LogP contribution >= 0.6 is 11.3 Å². The minimum absolute atomic E-state index is 0.128. The summed E-state index contributed by atoms with van der Waals surface area (Å²) in [5, 5.41) is 8.18. The van der Waals surface area contributed by atoms with Crippen LogP contribution in [0, 0.1) is 0 Å². The van der Waals surface area contributed by atoms with E-state index in [2.05, 4.69) is 5.10 Å². The summed E-state index contributed by atoms with van der Waals surface area (Å²) in [4.78, 5) is 14.2. The van der Waals surface area contributed by atoms with E-state index in [1.807, 2.05) is 35.7 Å². The maximum atomic E-state index is 13.1. The van der Waals surface area contributed by atoms with Gasteiger partial charge in [0.15, 0.2) is 18.1 Å². The molecule has 7 nitrogen and oxygen atoms in total. The maximum absolute atomic E-state index is 13.1. The third kappa shape index (κ3) is 4.55. The molecule has 0 aliphatic carbocycles. The first kappa shape index (κ1) is 21.7. The number of benzene rings is 2. The van der Waals surface area contributed by atoms with E-state index in [0.29, 0.717) is 23.7 Å². The van der Waals surface area contributed by atoms with Gasteiger partial charge in [-0.1, -0.05) is 12.1 Å². The molecule has 0 radical (unpaired) electrons. The number of methoxy groups -OCH3 is 3. The van der Waals surface area contributed by atoms with Crippen molar-refractivity contribution in [3.8, 4) is 23.0 Å². The molecule has 1 unspecified atom stereocenters. The highest BCUT2D eigenvalue weighted by molar-refractivity contribution is 7.12. The molecule has 8 heteroatoms. The standard InChI is InChI=1S/C24H24N2O5S/c1-28-17-7-9-18(10-8-17)31-15-24(27)26-20(14-19(25-26)23-5-4-12-32-23)16-6-11-21(29-2)22(13-16)30-3/h4-13,20H,14-15H2,1-3H3. The van der Waals surface area contributed by atoms with Crippen molar-refractivity contribution in [1.29, 1.82) is 0 Å². The van der Waals surface area contributed by atoms with Gasteiger partial charge in [-0.15, -0.1) is 11.3 Å². The summed E-state index contributed by atoms with van der Waals surface area (Å²) in [5.41, 5.74) is 1.79. The van der Waals surface area contributed by atoms with Crippen molar-refractivity contribution < 1.29 is 23.7 Å². The quantitative estimate of drug-likeness (QED) is 0.502. The molecule has 3 aromatic rings. The normalized spacial score (nSPS) is 15.3. The fourth-order valence-electron chi connectivity index (χ4n) is 3.53. The van der Waals surface area contributed by atoms with E-state index in [1.165, 1.54) is 5.01 Å². The number of thiophene rings is 1. The van der Waals surface area contributed by atoms with Gasteiger partial charge in [0.2, 0.25) is 0 Å². The lowest BCUT2D eigenvalue weighted by Gasteiger charge is -2.23. The first-order valence-corrected chi connectivity index (χ1v) is 10.9. The molecule has 166 valence electrons. The second-order valence-corrected chi connectivity index (χ2v) is 8.01. The van der Waals surface area contributed by atoms with Crippen molar-refractivity contribution in [3.05, 3.63) is 70.4 Å². The summed E-state index contributed by atoms with van der Waals surface area (Å²) < 4.78 is 21.7. The fraction of sp³-hybridized carbons (Fsp3) is 0.250. The number of rotatable bonds is 8. The molecule has 1 aliphatic rings. The number of carbonyl (C=O) groups is 1. The highest BCUT2D eigenvalue weighted by Crippen LogP contribution is 2.38. The summed E-state index contributed by atoms with van der Waals surface area (Å²) in [5.74, 6) is 2.32. The van der Waals surface area contributed by atoms with E-state index >= 15 is 0 Å². The number of amides is 1. The van der Waals surface area contributed by atoms with Crippen LogP contribution in [0.5, 0.6) is 23.0 Å². The molecule has 32 heavy (non-hydrogen) atoms. The van der Waals surface area contributed by atoms with E-state index in [4.69, 9.17) is 18.9 Å². The lowest BCUT2D eigenvalue weighted by molar-refractivity contribution is -0.135. The minimum Gasteiger partial charge on any atom is -0.497 e. The van der Waals surface area contributed by atoms with Crippen molar-refractivity contribution in [3.63, 3.8) is 0 Å². The predicted molar refractivity (Wildman–Crippen MR) is 123 cm³/mol. The Labute approximate surface area is 190 Å². The van der Waals surface area contributed by atoms with Crippen LogP contribution in [-0.2, 0) is 4.79 Å². The number of hydrogen-bond donors (Lipinski definition) is 0. The van der Waals surface area contributed by atoms with Crippen LogP contribution in [0.2, 0.25) is 0 Å². The molecule has 0 fully saturated rings. The first-order chi connectivity index (χ1) is 15.6. The van der Waals surface area contributed by atoms with Crippen LogP contribution in [-0.4, -0.2) is 44.6 Å². The van der Waals surface area contributed by atoms with E-state index in [1.54, 1.807) is 56.9 Å². The topological polar surface area (TPSA) is 69.6 Å². The summed E-state index contributed by atoms with van der Waals surface area (Å²) >= 11 is 1.60. The van der Waals surface area contributed by atoms with Crippen molar-refractivity contribution >= 4 is 23.0 Å². The first-order valence-electron chi connectivity index (χ1n) is 10.0. The van der Waals surface area contributed by atoms with Gasteiger partial charge in [-0.3, -0.25) is 4.79 Å². The SMILES string of the molecule is COc1ccc(OCC(=O)N2N=C(c3cccs3)CC2c2ccc(OC)c(OC)c2)cc1. The van der Waals surface area contributed by atoms with Crippen molar-refractivity contribution in [2.24, 2.45) is 5.10 Å². The summed E-state index contributed by atoms with van der Waals surface area (Å²) in [7, 11) is 4.79. The Morgan fingerprint density at radius 3 is 2.41 bits per heavy atom. The Hall–Kier alpha value is -3.52. The fourth-order valence-corrected chi connectivity index (χ4v) is 4.26. The summed E-state index contributed by atoms with van der Waals surface area (Å²) in [6.07, 6.45) is 0.601. The van der Waals surface area contributed by atoms with E-state index in [0.717, 1.165) is 21.9 Å². The molecule has 0 saturated heterocycles. The molecule has 0 bridgehead atoms. The van der Waals surface area contributed by atoms with Crippen molar-refractivity contribution in [2.75, 3.05) is 27.9 Å². The molecule has 1 amide bonds. The Bertz CT molecular complexity index is 1100. The zero-order chi connectivity index (χ0) is 22.5.